The molecule has 1 aromatic heterocycles. The van der Waals surface area contributed by atoms with Crippen LogP contribution in [0, 0.1) is 0 Å². The van der Waals surface area contributed by atoms with Crippen LogP contribution in [0.5, 0.6) is 0 Å². The molecule has 0 spiro atoms. The number of rotatable bonds is 12. The molecule has 0 aliphatic heterocycles. The van der Waals surface area contributed by atoms with Gasteiger partial charge in [0.15, 0.2) is 0 Å². The molecule has 0 aliphatic rings. The van der Waals surface area contributed by atoms with E-state index in [-0.39, 0.29) is 5.91 Å². The number of nitrogens with two attached hydrogens (primary N) is 1. The van der Waals surface area contributed by atoms with Crippen molar-refractivity contribution in [2.24, 2.45) is 0 Å². The van der Waals surface area contributed by atoms with Crippen LogP contribution in [0.25, 0.3) is 0 Å². The molecule has 0 radical (unpaired) electrons. The highest BCUT2D eigenvalue weighted by atomic mass is 16.1. The van der Waals surface area contributed by atoms with Crippen molar-refractivity contribution in [2.45, 2.75) is 71.1 Å². The van der Waals surface area contributed by atoms with E-state index >= 15 is 0 Å². The van der Waals surface area contributed by atoms with Gasteiger partial charge in [0.05, 0.1) is 5.56 Å². The summed E-state index contributed by atoms with van der Waals surface area (Å²) in [7, 11) is 0. The van der Waals surface area contributed by atoms with Gasteiger partial charge in [0, 0.05) is 24.6 Å². The second-order valence-electron chi connectivity index (χ2n) is 5.90. The van der Waals surface area contributed by atoms with Crippen molar-refractivity contribution >= 4 is 11.6 Å². The molecule has 4 nitrogen and oxygen atoms in total. The van der Waals surface area contributed by atoms with Crippen LogP contribution in [-0.4, -0.2) is 17.4 Å². The number of hydrogen-bond donors (Lipinski definition) is 2. The van der Waals surface area contributed by atoms with E-state index < -0.39 is 0 Å². The smallest absolute Gasteiger partial charge is 0.254 e. The number of pyridine rings is 1. The van der Waals surface area contributed by atoms with E-state index in [0.717, 1.165) is 6.42 Å². The Morgan fingerprint density at radius 1 is 1.05 bits per heavy atom. The quantitative estimate of drug-likeness (QED) is 0.565. The summed E-state index contributed by atoms with van der Waals surface area (Å²) in [5.41, 5.74) is 6.70. The fraction of sp³-hybridized carbons (Fsp3) is 0.667. The van der Waals surface area contributed by atoms with Crippen molar-refractivity contribution in [3.05, 3.63) is 24.0 Å². The summed E-state index contributed by atoms with van der Waals surface area (Å²) in [6.07, 6.45) is 16.1. The number of nitrogens with zero attached hydrogens (tertiary/aromatic N) is 1. The van der Waals surface area contributed by atoms with Crippen molar-refractivity contribution in [1.29, 1.82) is 0 Å². The van der Waals surface area contributed by atoms with Crippen molar-refractivity contribution < 1.29 is 4.79 Å². The van der Waals surface area contributed by atoms with Gasteiger partial charge in [0.25, 0.3) is 5.91 Å². The summed E-state index contributed by atoms with van der Waals surface area (Å²) in [6.45, 7) is 2.96. The minimum atomic E-state index is -0.124. The first-order valence-corrected chi connectivity index (χ1v) is 8.73. The SMILES string of the molecule is CCCCCCCCCCCCNC(=O)c1cnccc1N. The summed E-state index contributed by atoms with van der Waals surface area (Å²) in [5.74, 6) is -0.124. The molecule has 1 heterocycles. The maximum atomic E-state index is 11.9. The van der Waals surface area contributed by atoms with Crippen LogP contribution in [0.3, 0.4) is 0 Å². The highest BCUT2D eigenvalue weighted by Crippen LogP contribution is 2.11. The summed E-state index contributed by atoms with van der Waals surface area (Å²) < 4.78 is 0. The van der Waals surface area contributed by atoms with E-state index in [9.17, 15) is 4.79 Å². The van der Waals surface area contributed by atoms with Crippen molar-refractivity contribution in [2.75, 3.05) is 12.3 Å². The Bertz CT molecular complexity index is 421. The van der Waals surface area contributed by atoms with Crippen molar-refractivity contribution in [1.82, 2.24) is 10.3 Å². The van der Waals surface area contributed by atoms with E-state index in [0.29, 0.717) is 17.8 Å². The molecule has 124 valence electrons. The van der Waals surface area contributed by atoms with Gasteiger partial charge < -0.3 is 11.1 Å². The Morgan fingerprint density at radius 2 is 1.64 bits per heavy atom. The molecule has 0 saturated carbocycles. The van der Waals surface area contributed by atoms with Gasteiger partial charge in [-0.25, -0.2) is 0 Å². The minimum Gasteiger partial charge on any atom is -0.398 e. The predicted molar refractivity (Wildman–Crippen MR) is 92.8 cm³/mol. The van der Waals surface area contributed by atoms with Gasteiger partial charge in [-0.3, -0.25) is 9.78 Å². The highest BCUT2D eigenvalue weighted by Gasteiger charge is 2.08. The molecule has 0 saturated heterocycles. The van der Waals surface area contributed by atoms with Crippen LogP contribution in [0.4, 0.5) is 5.69 Å². The van der Waals surface area contributed by atoms with Crippen molar-refractivity contribution in [3.63, 3.8) is 0 Å². The molecule has 1 aromatic rings. The third-order valence-corrected chi connectivity index (χ3v) is 3.92. The maximum Gasteiger partial charge on any atom is 0.254 e. The monoisotopic (exact) mass is 305 g/mol. The summed E-state index contributed by atoms with van der Waals surface area (Å²) in [5, 5.41) is 2.91. The molecular formula is C18H31N3O. The van der Waals surface area contributed by atoms with Crippen LogP contribution in [0.1, 0.15) is 81.5 Å². The largest absolute Gasteiger partial charge is 0.398 e. The topological polar surface area (TPSA) is 68.0 Å². The Kier molecular flexibility index (Phi) is 10.1. The van der Waals surface area contributed by atoms with Crippen LogP contribution in [0.2, 0.25) is 0 Å². The summed E-state index contributed by atoms with van der Waals surface area (Å²) in [4.78, 5) is 15.8. The predicted octanol–water partition coefficient (Wildman–Crippen LogP) is 4.31. The van der Waals surface area contributed by atoms with E-state index in [2.05, 4.69) is 17.2 Å². The molecule has 22 heavy (non-hydrogen) atoms. The normalized spacial score (nSPS) is 10.6. The number of nitrogen functional groups attached to an aromatic ring is 1. The first-order valence-electron chi connectivity index (χ1n) is 8.73. The molecule has 0 unspecified atom stereocenters. The lowest BCUT2D eigenvalue weighted by atomic mass is 10.1. The van der Waals surface area contributed by atoms with E-state index in [1.807, 2.05) is 0 Å². The van der Waals surface area contributed by atoms with Crippen LogP contribution in [-0.2, 0) is 0 Å². The number of aromatic nitrogens is 1. The van der Waals surface area contributed by atoms with Crippen LogP contribution in [0.15, 0.2) is 18.5 Å². The number of anilines is 1. The maximum absolute atomic E-state index is 11.9. The Hall–Kier alpha value is -1.58. The lowest BCUT2D eigenvalue weighted by Gasteiger charge is -2.07. The number of carbonyl (C=O) groups excluding carboxylic acids is 1. The number of amides is 1. The number of nitrogens with one attached hydrogen (secondary N) is 1. The van der Waals surface area contributed by atoms with E-state index in [1.165, 1.54) is 64.0 Å². The summed E-state index contributed by atoms with van der Waals surface area (Å²) in [6, 6.07) is 1.65. The zero-order valence-electron chi connectivity index (χ0n) is 13.9. The molecule has 0 fully saturated rings. The lowest BCUT2D eigenvalue weighted by Crippen LogP contribution is -2.25. The fourth-order valence-corrected chi connectivity index (χ4v) is 2.50. The highest BCUT2D eigenvalue weighted by molar-refractivity contribution is 5.98. The number of hydrogen-bond acceptors (Lipinski definition) is 3. The molecule has 1 rings (SSSR count). The second-order valence-corrected chi connectivity index (χ2v) is 5.90. The zero-order valence-corrected chi connectivity index (χ0v) is 13.9. The summed E-state index contributed by atoms with van der Waals surface area (Å²) >= 11 is 0. The van der Waals surface area contributed by atoms with Gasteiger partial charge in [0.1, 0.15) is 0 Å². The molecule has 3 N–H and O–H groups in total. The van der Waals surface area contributed by atoms with E-state index in [4.69, 9.17) is 5.73 Å². The third-order valence-electron chi connectivity index (χ3n) is 3.92. The molecule has 4 heteroatoms. The number of carbonyl (C=O) groups is 1. The fourth-order valence-electron chi connectivity index (χ4n) is 2.50. The van der Waals surface area contributed by atoms with Gasteiger partial charge >= 0.3 is 0 Å². The lowest BCUT2D eigenvalue weighted by molar-refractivity contribution is 0.0953. The Balaban J connectivity index is 1.95. The average Bonchev–Trinajstić information content (AvgIpc) is 2.53. The van der Waals surface area contributed by atoms with E-state index in [1.54, 1.807) is 12.3 Å². The zero-order chi connectivity index (χ0) is 16.0. The van der Waals surface area contributed by atoms with Crippen LogP contribution < -0.4 is 11.1 Å². The first kappa shape index (κ1) is 18.5. The molecule has 0 atom stereocenters. The Morgan fingerprint density at radius 3 is 2.23 bits per heavy atom. The van der Waals surface area contributed by atoms with Gasteiger partial charge in [-0.15, -0.1) is 0 Å². The molecule has 0 bridgehead atoms. The minimum absolute atomic E-state index is 0.124. The van der Waals surface area contributed by atoms with Gasteiger partial charge in [-0.1, -0.05) is 64.7 Å². The standard InChI is InChI=1S/C18H31N3O/c1-2-3-4-5-6-7-8-9-10-11-13-21-18(22)16-15-20-14-12-17(16)19/h12,14-15H,2-11,13H2,1H3,(H2,19,20)(H,21,22). The molecule has 0 aliphatic carbocycles. The van der Waals surface area contributed by atoms with Crippen molar-refractivity contribution in [3.8, 4) is 0 Å². The first-order chi connectivity index (χ1) is 10.8. The molecular weight excluding hydrogens is 274 g/mol. The Labute approximate surface area is 134 Å². The molecule has 0 aromatic carbocycles. The van der Waals surface area contributed by atoms with Gasteiger partial charge in [0.2, 0.25) is 0 Å². The van der Waals surface area contributed by atoms with Gasteiger partial charge in [-0.05, 0) is 12.5 Å². The van der Waals surface area contributed by atoms with Crippen LogP contribution >= 0.6 is 0 Å². The van der Waals surface area contributed by atoms with Gasteiger partial charge in [-0.2, -0.15) is 0 Å². The second kappa shape index (κ2) is 12.0. The molecule has 1 amide bonds. The average molecular weight is 305 g/mol. The number of unbranched alkanes of at least 4 members (excludes halogenated alkanes) is 9. The third kappa shape index (κ3) is 8.01.